The SMILES string of the molecule is Cc1ccc(NC(=O)CSc2nccc(N3CCN(c4ccccc4)CC3)n2)c(Cl)c1. The minimum absolute atomic E-state index is 0.138. The van der Waals surface area contributed by atoms with Crippen LogP contribution in [-0.4, -0.2) is 47.8 Å². The summed E-state index contributed by atoms with van der Waals surface area (Å²) in [4.78, 5) is 25.9. The summed E-state index contributed by atoms with van der Waals surface area (Å²) >= 11 is 7.51. The molecule has 1 amide bonds. The average molecular weight is 454 g/mol. The second kappa shape index (κ2) is 10.0. The van der Waals surface area contributed by atoms with Crippen molar-refractivity contribution >= 4 is 46.5 Å². The lowest BCUT2D eigenvalue weighted by molar-refractivity contribution is -0.113. The van der Waals surface area contributed by atoms with E-state index in [0.717, 1.165) is 37.6 Å². The minimum atomic E-state index is -0.138. The van der Waals surface area contributed by atoms with Crippen LogP contribution in [0.15, 0.2) is 66.0 Å². The molecule has 160 valence electrons. The molecule has 2 aromatic carbocycles. The molecule has 31 heavy (non-hydrogen) atoms. The van der Waals surface area contributed by atoms with Gasteiger partial charge >= 0.3 is 0 Å². The molecule has 0 atom stereocenters. The van der Waals surface area contributed by atoms with Gasteiger partial charge in [-0.25, -0.2) is 9.97 Å². The van der Waals surface area contributed by atoms with Gasteiger partial charge in [-0.3, -0.25) is 4.79 Å². The van der Waals surface area contributed by atoms with Gasteiger partial charge in [-0.05, 0) is 42.8 Å². The van der Waals surface area contributed by atoms with Crippen LogP contribution < -0.4 is 15.1 Å². The highest BCUT2D eigenvalue weighted by atomic mass is 35.5. The molecule has 6 nitrogen and oxygen atoms in total. The van der Waals surface area contributed by atoms with Crippen molar-refractivity contribution in [2.45, 2.75) is 12.1 Å². The zero-order valence-corrected chi connectivity index (χ0v) is 18.9. The first-order valence-electron chi connectivity index (χ1n) is 10.2. The number of nitrogens with zero attached hydrogens (tertiary/aromatic N) is 4. The van der Waals surface area contributed by atoms with Crippen molar-refractivity contribution in [3.63, 3.8) is 0 Å². The molecule has 2 heterocycles. The van der Waals surface area contributed by atoms with Crippen molar-refractivity contribution in [2.75, 3.05) is 47.0 Å². The molecule has 0 unspecified atom stereocenters. The molecule has 1 aliphatic rings. The molecule has 1 aliphatic heterocycles. The predicted molar refractivity (Wildman–Crippen MR) is 128 cm³/mol. The Morgan fingerprint density at radius 1 is 1.06 bits per heavy atom. The van der Waals surface area contributed by atoms with Gasteiger partial charge in [-0.2, -0.15) is 0 Å². The van der Waals surface area contributed by atoms with E-state index in [4.69, 9.17) is 11.6 Å². The van der Waals surface area contributed by atoms with Gasteiger partial charge in [0.25, 0.3) is 0 Å². The number of anilines is 3. The summed E-state index contributed by atoms with van der Waals surface area (Å²) in [6, 6.07) is 17.9. The summed E-state index contributed by atoms with van der Waals surface area (Å²) in [7, 11) is 0. The molecule has 1 saturated heterocycles. The second-order valence-electron chi connectivity index (χ2n) is 7.33. The average Bonchev–Trinajstić information content (AvgIpc) is 2.80. The molecular formula is C23H24ClN5OS. The van der Waals surface area contributed by atoms with Crippen LogP contribution in [0.2, 0.25) is 5.02 Å². The molecule has 3 aromatic rings. The van der Waals surface area contributed by atoms with E-state index in [1.807, 2.05) is 37.3 Å². The van der Waals surface area contributed by atoms with E-state index in [2.05, 4.69) is 49.4 Å². The van der Waals surface area contributed by atoms with Gasteiger partial charge in [-0.1, -0.05) is 47.6 Å². The zero-order valence-electron chi connectivity index (χ0n) is 17.3. The van der Waals surface area contributed by atoms with Crippen molar-refractivity contribution in [3.05, 3.63) is 71.4 Å². The Hall–Kier alpha value is -2.77. The van der Waals surface area contributed by atoms with E-state index in [1.54, 1.807) is 6.20 Å². The highest BCUT2D eigenvalue weighted by Gasteiger charge is 2.19. The summed E-state index contributed by atoms with van der Waals surface area (Å²) in [5, 5.41) is 3.97. The van der Waals surface area contributed by atoms with Gasteiger partial charge in [-0.15, -0.1) is 0 Å². The van der Waals surface area contributed by atoms with Gasteiger partial charge < -0.3 is 15.1 Å². The Morgan fingerprint density at radius 2 is 1.81 bits per heavy atom. The van der Waals surface area contributed by atoms with Crippen molar-refractivity contribution in [3.8, 4) is 0 Å². The molecule has 1 aromatic heterocycles. The monoisotopic (exact) mass is 453 g/mol. The lowest BCUT2D eigenvalue weighted by atomic mass is 10.2. The standard InChI is InChI=1S/C23H24ClN5OS/c1-17-7-8-20(19(24)15-17)26-22(30)16-31-23-25-10-9-21(27-23)29-13-11-28(12-14-29)18-5-3-2-4-6-18/h2-10,15H,11-14,16H2,1H3,(H,26,30). The number of carbonyl (C=O) groups excluding carboxylic acids is 1. The number of aromatic nitrogens is 2. The Bertz CT molecular complexity index is 1040. The van der Waals surface area contributed by atoms with E-state index >= 15 is 0 Å². The first-order chi connectivity index (χ1) is 15.1. The number of hydrogen-bond acceptors (Lipinski definition) is 6. The van der Waals surface area contributed by atoms with Crippen molar-refractivity contribution in [1.82, 2.24) is 9.97 Å². The van der Waals surface area contributed by atoms with Crippen LogP contribution in [-0.2, 0) is 4.79 Å². The van der Waals surface area contributed by atoms with Crippen LogP contribution in [0.25, 0.3) is 0 Å². The maximum Gasteiger partial charge on any atom is 0.234 e. The topological polar surface area (TPSA) is 61.4 Å². The molecule has 1 fully saturated rings. The Labute approximate surface area is 191 Å². The number of carbonyl (C=O) groups is 1. The Kier molecular flexibility index (Phi) is 6.94. The summed E-state index contributed by atoms with van der Waals surface area (Å²) in [5.41, 5.74) is 2.91. The highest BCUT2D eigenvalue weighted by molar-refractivity contribution is 7.99. The fourth-order valence-corrected chi connectivity index (χ4v) is 4.36. The number of hydrogen-bond donors (Lipinski definition) is 1. The third-order valence-electron chi connectivity index (χ3n) is 5.07. The molecule has 0 saturated carbocycles. The second-order valence-corrected chi connectivity index (χ2v) is 8.68. The van der Waals surface area contributed by atoms with Gasteiger partial charge in [0, 0.05) is 38.1 Å². The number of para-hydroxylation sites is 1. The fourth-order valence-electron chi connectivity index (χ4n) is 3.45. The molecule has 8 heteroatoms. The quantitative estimate of drug-likeness (QED) is 0.438. The lowest BCUT2D eigenvalue weighted by Crippen LogP contribution is -2.46. The minimum Gasteiger partial charge on any atom is -0.368 e. The number of piperazine rings is 1. The number of halogens is 1. The number of benzene rings is 2. The molecule has 1 N–H and O–H groups in total. The smallest absolute Gasteiger partial charge is 0.234 e. The number of aryl methyl sites for hydroxylation is 1. The first kappa shape index (κ1) is 21.5. The normalized spacial score (nSPS) is 13.9. The van der Waals surface area contributed by atoms with Crippen molar-refractivity contribution < 1.29 is 4.79 Å². The van der Waals surface area contributed by atoms with Gasteiger partial charge in [0.15, 0.2) is 5.16 Å². The van der Waals surface area contributed by atoms with Crippen LogP contribution in [0.3, 0.4) is 0 Å². The van der Waals surface area contributed by atoms with Crippen LogP contribution in [0, 0.1) is 6.92 Å². The van der Waals surface area contributed by atoms with Crippen molar-refractivity contribution in [2.24, 2.45) is 0 Å². The number of thioether (sulfide) groups is 1. The largest absolute Gasteiger partial charge is 0.368 e. The van der Waals surface area contributed by atoms with Crippen LogP contribution in [0.5, 0.6) is 0 Å². The summed E-state index contributed by atoms with van der Waals surface area (Å²) in [6.07, 6.45) is 1.75. The summed E-state index contributed by atoms with van der Waals surface area (Å²) < 4.78 is 0. The Morgan fingerprint density at radius 3 is 2.55 bits per heavy atom. The van der Waals surface area contributed by atoms with Gasteiger partial charge in [0.05, 0.1) is 16.5 Å². The third kappa shape index (κ3) is 5.68. The number of amides is 1. The maximum absolute atomic E-state index is 12.3. The summed E-state index contributed by atoms with van der Waals surface area (Å²) in [6.45, 7) is 5.62. The van der Waals surface area contributed by atoms with E-state index in [-0.39, 0.29) is 11.7 Å². The number of nitrogens with one attached hydrogen (secondary N) is 1. The van der Waals surface area contributed by atoms with Gasteiger partial charge in [0.1, 0.15) is 5.82 Å². The molecule has 4 rings (SSSR count). The zero-order chi connectivity index (χ0) is 21.6. The van der Waals surface area contributed by atoms with Crippen LogP contribution in [0.1, 0.15) is 5.56 Å². The molecule has 0 spiro atoms. The Balaban J connectivity index is 1.31. The van der Waals surface area contributed by atoms with E-state index in [9.17, 15) is 4.79 Å². The molecule has 0 aliphatic carbocycles. The van der Waals surface area contributed by atoms with E-state index in [0.29, 0.717) is 15.9 Å². The molecule has 0 bridgehead atoms. The van der Waals surface area contributed by atoms with Crippen LogP contribution >= 0.6 is 23.4 Å². The molecule has 0 radical (unpaired) electrons. The third-order valence-corrected chi connectivity index (χ3v) is 6.25. The van der Waals surface area contributed by atoms with E-state index in [1.165, 1.54) is 17.4 Å². The van der Waals surface area contributed by atoms with Crippen molar-refractivity contribution in [1.29, 1.82) is 0 Å². The first-order valence-corrected chi connectivity index (χ1v) is 11.5. The predicted octanol–water partition coefficient (Wildman–Crippen LogP) is 4.50. The summed E-state index contributed by atoms with van der Waals surface area (Å²) in [5.74, 6) is 0.976. The number of rotatable bonds is 6. The lowest BCUT2D eigenvalue weighted by Gasteiger charge is -2.36. The molecular weight excluding hydrogens is 430 g/mol. The maximum atomic E-state index is 12.3. The fraction of sp³-hybridized carbons (Fsp3) is 0.261. The highest BCUT2D eigenvalue weighted by Crippen LogP contribution is 2.24. The van der Waals surface area contributed by atoms with E-state index < -0.39 is 0 Å². The van der Waals surface area contributed by atoms with Gasteiger partial charge in [0.2, 0.25) is 5.91 Å². The van der Waals surface area contributed by atoms with Crippen LogP contribution in [0.4, 0.5) is 17.2 Å².